The molecular formula is C16H18N2O2. The third-order valence-corrected chi connectivity index (χ3v) is 2.92. The number of benzene rings is 2. The van der Waals surface area contributed by atoms with E-state index in [-0.39, 0.29) is 5.84 Å². The van der Waals surface area contributed by atoms with Gasteiger partial charge in [-0.25, -0.2) is 0 Å². The Morgan fingerprint density at radius 2 is 1.55 bits per heavy atom. The van der Waals surface area contributed by atoms with Crippen molar-refractivity contribution >= 4 is 5.84 Å². The number of amidine groups is 1. The fraction of sp³-hybridized carbons (Fsp3) is 0.188. The molecule has 3 N–H and O–H groups in total. The molecule has 0 saturated carbocycles. The number of hydrogen-bond donors (Lipinski definition) is 2. The molecule has 0 radical (unpaired) electrons. The minimum Gasteiger partial charge on any atom is -0.457 e. The van der Waals surface area contributed by atoms with E-state index in [2.05, 4.69) is 0 Å². The van der Waals surface area contributed by atoms with E-state index >= 15 is 0 Å². The van der Waals surface area contributed by atoms with Crippen molar-refractivity contribution in [2.75, 3.05) is 13.7 Å². The Labute approximate surface area is 118 Å². The standard InChI is InChI=1S/C16H18N2O2/c1-19-11-10-12-2-6-14(7-3-12)20-15-8-4-13(5-9-15)16(17)18/h2-9H,10-11H2,1H3,(H3,17,18). The van der Waals surface area contributed by atoms with Gasteiger partial charge in [0.05, 0.1) is 6.61 Å². The van der Waals surface area contributed by atoms with Crippen molar-refractivity contribution < 1.29 is 9.47 Å². The van der Waals surface area contributed by atoms with Crippen LogP contribution in [0.1, 0.15) is 11.1 Å². The van der Waals surface area contributed by atoms with Gasteiger partial charge < -0.3 is 15.2 Å². The number of ether oxygens (including phenoxy) is 2. The highest BCUT2D eigenvalue weighted by Crippen LogP contribution is 2.22. The number of nitrogens with one attached hydrogen (secondary N) is 1. The van der Waals surface area contributed by atoms with Crippen LogP contribution in [-0.2, 0) is 11.2 Å². The van der Waals surface area contributed by atoms with Crippen LogP contribution in [0.15, 0.2) is 48.5 Å². The lowest BCUT2D eigenvalue weighted by Gasteiger charge is -2.07. The zero-order chi connectivity index (χ0) is 14.4. The van der Waals surface area contributed by atoms with Crippen LogP contribution in [0.2, 0.25) is 0 Å². The Balaban J connectivity index is 2.00. The van der Waals surface area contributed by atoms with Gasteiger partial charge in [0.25, 0.3) is 0 Å². The Kier molecular flexibility index (Phi) is 4.74. The monoisotopic (exact) mass is 270 g/mol. The van der Waals surface area contributed by atoms with Crippen LogP contribution in [0.25, 0.3) is 0 Å². The average molecular weight is 270 g/mol. The fourth-order valence-corrected chi connectivity index (χ4v) is 1.78. The highest BCUT2D eigenvalue weighted by Gasteiger charge is 2.00. The van der Waals surface area contributed by atoms with Crippen LogP contribution in [0.4, 0.5) is 0 Å². The average Bonchev–Trinajstić information content (AvgIpc) is 2.47. The van der Waals surface area contributed by atoms with Crippen molar-refractivity contribution in [1.82, 2.24) is 0 Å². The van der Waals surface area contributed by atoms with Gasteiger partial charge in [-0.15, -0.1) is 0 Å². The molecule has 2 aromatic carbocycles. The summed E-state index contributed by atoms with van der Waals surface area (Å²) in [5, 5.41) is 7.33. The van der Waals surface area contributed by atoms with Crippen molar-refractivity contribution in [3.05, 3.63) is 59.7 Å². The summed E-state index contributed by atoms with van der Waals surface area (Å²) in [5.74, 6) is 1.56. The molecule has 0 heterocycles. The first-order valence-corrected chi connectivity index (χ1v) is 6.39. The maximum Gasteiger partial charge on any atom is 0.127 e. The number of hydrogen-bond acceptors (Lipinski definition) is 3. The molecule has 0 amide bonds. The van der Waals surface area contributed by atoms with E-state index in [9.17, 15) is 0 Å². The van der Waals surface area contributed by atoms with E-state index in [0.717, 1.165) is 17.9 Å². The normalized spacial score (nSPS) is 10.2. The molecule has 20 heavy (non-hydrogen) atoms. The van der Waals surface area contributed by atoms with Gasteiger partial charge in [0, 0.05) is 12.7 Å². The molecule has 0 aromatic heterocycles. The van der Waals surface area contributed by atoms with Gasteiger partial charge in [-0.05, 0) is 48.4 Å². The molecule has 2 aromatic rings. The fourth-order valence-electron chi connectivity index (χ4n) is 1.78. The molecule has 4 nitrogen and oxygen atoms in total. The Bertz CT molecular complexity index is 562. The lowest BCUT2D eigenvalue weighted by Crippen LogP contribution is -2.10. The number of rotatable bonds is 6. The van der Waals surface area contributed by atoms with Crippen molar-refractivity contribution in [2.45, 2.75) is 6.42 Å². The van der Waals surface area contributed by atoms with Gasteiger partial charge in [-0.2, -0.15) is 0 Å². The summed E-state index contributed by atoms with van der Waals surface area (Å²) >= 11 is 0. The van der Waals surface area contributed by atoms with Gasteiger partial charge in [0.2, 0.25) is 0 Å². The van der Waals surface area contributed by atoms with Crippen LogP contribution in [-0.4, -0.2) is 19.6 Å². The highest BCUT2D eigenvalue weighted by atomic mass is 16.5. The van der Waals surface area contributed by atoms with Crippen LogP contribution in [0.3, 0.4) is 0 Å². The largest absolute Gasteiger partial charge is 0.457 e. The van der Waals surface area contributed by atoms with Gasteiger partial charge in [0.15, 0.2) is 0 Å². The van der Waals surface area contributed by atoms with Gasteiger partial charge in [-0.1, -0.05) is 12.1 Å². The molecule has 2 rings (SSSR count). The molecule has 0 unspecified atom stereocenters. The molecule has 104 valence electrons. The van der Waals surface area contributed by atoms with Crippen molar-refractivity contribution in [3.63, 3.8) is 0 Å². The maximum absolute atomic E-state index is 7.33. The van der Waals surface area contributed by atoms with E-state index in [1.807, 2.05) is 24.3 Å². The van der Waals surface area contributed by atoms with E-state index in [4.69, 9.17) is 20.6 Å². The lowest BCUT2D eigenvalue weighted by molar-refractivity contribution is 0.202. The predicted octanol–water partition coefficient (Wildman–Crippen LogP) is 2.95. The van der Waals surface area contributed by atoms with Crippen LogP contribution >= 0.6 is 0 Å². The summed E-state index contributed by atoms with van der Waals surface area (Å²) in [6.07, 6.45) is 0.893. The third-order valence-electron chi connectivity index (χ3n) is 2.92. The minimum absolute atomic E-state index is 0.0547. The van der Waals surface area contributed by atoms with Crippen molar-refractivity contribution in [1.29, 1.82) is 5.41 Å². The summed E-state index contributed by atoms with van der Waals surface area (Å²) in [7, 11) is 1.70. The lowest BCUT2D eigenvalue weighted by atomic mass is 10.1. The Morgan fingerprint density at radius 1 is 1.00 bits per heavy atom. The van der Waals surface area contributed by atoms with Gasteiger partial charge in [-0.3, -0.25) is 5.41 Å². The summed E-state index contributed by atoms with van der Waals surface area (Å²) in [6.45, 7) is 0.715. The van der Waals surface area contributed by atoms with Crippen molar-refractivity contribution in [2.24, 2.45) is 5.73 Å². The van der Waals surface area contributed by atoms with Crippen LogP contribution < -0.4 is 10.5 Å². The summed E-state index contributed by atoms with van der Waals surface area (Å²) in [4.78, 5) is 0. The molecular weight excluding hydrogens is 252 g/mol. The number of nitrogens with two attached hydrogens (primary N) is 1. The van der Waals surface area contributed by atoms with E-state index in [1.54, 1.807) is 31.4 Å². The SMILES string of the molecule is COCCc1ccc(Oc2ccc(C(=N)N)cc2)cc1. The predicted molar refractivity (Wildman–Crippen MR) is 79.6 cm³/mol. The second-order valence-electron chi connectivity index (χ2n) is 4.43. The summed E-state index contributed by atoms with van der Waals surface area (Å²) < 4.78 is 10.8. The number of nitrogen functional groups attached to an aromatic ring is 1. The molecule has 0 aliphatic rings. The van der Waals surface area contributed by atoms with E-state index in [1.165, 1.54) is 5.56 Å². The molecule has 0 saturated heterocycles. The molecule has 0 aliphatic heterocycles. The van der Waals surface area contributed by atoms with Crippen LogP contribution in [0, 0.1) is 5.41 Å². The first-order valence-electron chi connectivity index (χ1n) is 6.39. The molecule has 0 atom stereocenters. The van der Waals surface area contributed by atoms with E-state index in [0.29, 0.717) is 12.2 Å². The highest BCUT2D eigenvalue weighted by molar-refractivity contribution is 5.94. The first-order chi connectivity index (χ1) is 9.69. The van der Waals surface area contributed by atoms with Crippen LogP contribution in [0.5, 0.6) is 11.5 Å². The Hall–Kier alpha value is -2.33. The van der Waals surface area contributed by atoms with E-state index < -0.39 is 0 Å². The Morgan fingerprint density at radius 3 is 2.05 bits per heavy atom. The quantitative estimate of drug-likeness (QED) is 0.626. The smallest absolute Gasteiger partial charge is 0.127 e. The van der Waals surface area contributed by atoms with Gasteiger partial charge in [0.1, 0.15) is 17.3 Å². The first kappa shape index (κ1) is 14.1. The molecule has 0 aliphatic carbocycles. The number of methoxy groups -OCH3 is 1. The maximum atomic E-state index is 7.33. The van der Waals surface area contributed by atoms with Gasteiger partial charge >= 0.3 is 0 Å². The zero-order valence-electron chi connectivity index (χ0n) is 11.4. The third kappa shape index (κ3) is 3.83. The second kappa shape index (κ2) is 6.73. The second-order valence-corrected chi connectivity index (χ2v) is 4.43. The molecule has 4 heteroatoms. The molecule has 0 spiro atoms. The summed E-state index contributed by atoms with van der Waals surface area (Å²) in [6, 6.07) is 15.1. The molecule has 0 fully saturated rings. The zero-order valence-corrected chi connectivity index (χ0v) is 11.4. The van der Waals surface area contributed by atoms with Crippen molar-refractivity contribution in [3.8, 4) is 11.5 Å². The molecule has 0 bridgehead atoms. The topological polar surface area (TPSA) is 68.3 Å². The summed E-state index contributed by atoms with van der Waals surface area (Å²) in [5.41, 5.74) is 7.31. The minimum atomic E-state index is 0.0547.